The third kappa shape index (κ3) is 4.36. The average Bonchev–Trinajstić information content (AvgIpc) is 2.68. The predicted molar refractivity (Wildman–Crippen MR) is 101 cm³/mol. The molecule has 0 radical (unpaired) electrons. The molecule has 3 rings (SSSR count). The van der Waals surface area contributed by atoms with Crippen molar-refractivity contribution in [3.05, 3.63) is 77.7 Å². The molecular weight excluding hydrogens is 328 g/mol. The Labute approximate surface area is 152 Å². The highest BCUT2D eigenvalue weighted by Gasteiger charge is 2.09. The molecule has 26 heavy (non-hydrogen) atoms. The van der Waals surface area contributed by atoms with Crippen molar-refractivity contribution in [2.75, 3.05) is 17.7 Å². The summed E-state index contributed by atoms with van der Waals surface area (Å²) in [5.74, 6) is 0.965. The van der Waals surface area contributed by atoms with Gasteiger partial charge >= 0.3 is 0 Å². The zero-order valence-corrected chi connectivity index (χ0v) is 14.7. The van der Waals surface area contributed by atoms with Crippen LogP contribution >= 0.6 is 0 Å². The van der Waals surface area contributed by atoms with E-state index in [0.29, 0.717) is 23.8 Å². The maximum Gasteiger partial charge on any atom is 0.275 e. The highest BCUT2D eigenvalue weighted by Crippen LogP contribution is 2.17. The molecule has 0 spiro atoms. The number of carbonyl (C=O) groups is 1. The molecule has 0 saturated carbocycles. The van der Waals surface area contributed by atoms with E-state index in [1.807, 2.05) is 18.2 Å². The zero-order valence-electron chi connectivity index (χ0n) is 14.7. The smallest absolute Gasteiger partial charge is 0.275 e. The summed E-state index contributed by atoms with van der Waals surface area (Å²) in [5.41, 5.74) is 3.28. The summed E-state index contributed by atoms with van der Waals surface area (Å²) in [5, 5.41) is 5.99. The van der Waals surface area contributed by atoms with Crippen molar-refractivity contribution < 1.29 is 9.53 Å². The Morgan fingerprint density at radius 1 is 1.08 bits per heavy atom. The standard InChI is InChI=1S/C20H20N4O2/c1-14-6-3-4-7-15(14)11-22-19-13-21-18(12-23-19)20(25)24-16-8-5-9-17(10-16)26-2/h3-10,12-13H,11H2,1-2H3,(H,22,23)(H,24,25). The summed E-state index contributed by atoms with van der Waals surface area (Å²) >= 11 is 0. The van der Waals surface area contributed by atoms with Crippen LogP contribution in [0.1, 0.15) is 21.6 Å². The Kier molecular flexibility index (Phi) is 5.43. The molecule has 0 aliphatic rings. The van der Waals surface area contributed by atoms with Crippen LogP contribution in [0, 0.1) is 6.92 Å². The Bertz CT molecular complexity index is 894. The van der Waals surface area contributed by atoms with Gasteiger partial charge in [0.1, 0.15) is 17.3 Å². The van der Waals surface area contributed by atoms with Crippen molar-refractivity contribution in [2.24, 2.45) is 0 Å². The molecule has 6 heteroatoms. The number of rotatable bonds is 6. The van der Waals surface area contributed by atoms with E-state index in [2.05, 4.69) is 39.7 Å². The van der Waals surface area contributed by atoms with Crippen molar-refractivity contribution in [1.82, 2.24) is 9.97 Å². The van der Waals surface area contributed by atoms with E-state index in [1.165, 1.54) is 17.3 Å². The molecule has 0 bridgehead atoms. The van der Waals surface area contributed by atoms with Crippen molar-refractivity contribution >= 4 is 17.4 Å². The fourth-order valence-electron chi connectivity index (χ4n) is 2.43. The first kappa shape index (κ1) is 17.4. The number of amides is 1. The van der Waals surface area contributed by atoms with Crippen LogP contribution in [0.4, 0.5) is 11.5 Å². The molecule has 1 amide bonds. The molecule has 3 aromatic rings. The summed E-state index contributed by atoms with van der Waals surface area (Å²) in [4.78, 5) is 20.7. The maximum absolute atomic E-state index is 12.3. The first-order valence-corrected chi connectivity index (χ1v) is 8.21. The normalized spacial score (nSPS) is 10.2. The van der Waals surface area contributed by atoms with E-state index < -0.39 is 0 Å². The number of methoxy groups -OCH3 is 1. The molecule has 6 nitrogen and oxygen atoms in total. The lowest BCUT2D eigenvalue weighted by molar-refractivity contribution is 0.102. The molecule has 0 fully saturated rings. The van der Waals surface area contributed by atoms with Crippen LogP contribution in [-0.4, -0.2) is 23.0 Å². The monoisotopic (exact) mass is 348 g/mol. The summed E-state index contributed by atoms with van der Waals surface area (Å²) in [6, 6.07) is 15.3. The number of ether oxygens (including phenoxy) is 1. The highest BCUT2D eigenvalue weighted by molar-refractivity contribution is 6.02. The number of nitrogens with zero attached hydrogens (tertiary/aromatic N) is 2. The van der Waals surface area contributed by atoms with Crippen LogP contribution in [0.2, 0.25) is 0 Å². The molecule has 2 aromatic carbocycles. The van der Waals surface area contributed by atoms with Crippen LogP contribution in [0.25, 0.3) is 0 Å². The number of anilines is 2. The van der Waals surface area contributed by atoms with Crippen molar-refractivity contribution in [1.29, 1.82) is 0 Å². The Hall–Kier alpha value is -3.41. The second kappa shape index (κ2) is 8.11. The first-order chi connectivity index (χ1) is 12.7. The lowest BCUT2D eigenvalue weighted by Gasteiger charge is -2.09. The molecule has 1 heterocycles. The second-order valence-electron chi connectivity index (χ2n) is 5.75. The molecule has 132 valence electrons. The molecule has 2 N–H and O–H groups in total. The van der Waals surface area contributed by atoms with Gasteiger partial charge in [-0.05, 0) is 30.2 Å². The van der Waals surface area contributed by atoms with Gasteiger partial charge in [0.25, 0.3) is 5.91 Å². The van der Waals surface area contributed by atoms with Crippen LogP contribution < -0.4 is 15.4 Å². The molecule has 1 aromatic heterocycles. The number of nitrogens with one attached hydrogen (secondary N) is 2. The lowest BCUT2D eigenvalue weighted by atomic mass is 10.1. The number of aryl methyl sites for hydroxylation is 1. The van der Waals surface area contributed by atoms with Gasteiger partial charge in [0.15, 0.2) is 0 Å². The summed E-state index contributed by atoms with van der Waals surface area (Å²) < 4.78 is 5.14. The van der Waals surface area contributed by atoms with Crippen LogP contribution in [-0.2, 0) is 6.54 Å². The van der Waals surface area contributed by atoms with E-state index in [9.17, 15) is 4.79 Å². The zero-order chi connectivity index (χ0) is 18.4. The summed E-state index contributed by atoms with van der Waals surface area (Å²) in [6.07, 6.45) is 3.01. The summed E-state index contributed by atoms with van der Waals surface area (Å²) in [6.45, 7) is 2.71. The first-order valence-electron chi connectivity index (χ1n) is 8.21. The molecule has 0 saturated heterocycles. The highest BCUT2D eigenvalue weighted by atomic mass is 16.5. The van der Waals surface area contributed by atoms with Crippen molar-refractivity contribution in [3.8, 4) is 5.75 Å². The van der Waals surface area contributed by atoms with Gasteiger partial charge in [0.05, 0.1) is 19.5 Å². The Morgan fingerprint density at radius 2 is 1.92 bits per heavy atom. The van der Waals surface area contributed by atoms with Gasteiger partial charge in [0.2, 0.25) is 0 Å². The van der Waals surface area contributed by atoms with Crippen LogP contribution in [0.3, 0.4) is 0 Å². The van der Waals surface area contributed by atoms with E-state index in [4.69, 9.17) is 4.74 Å². The minimum atomic E-state index is -0.323. The van der Waals surface area contributed by atoms with Gasteiger partial charge in [-0.15, -0.1) is 0 Å². The number of hydrogen-bond acceptors (Lipinski definition) is 5. The minimum absolute atomic E-state index is 0.245. The molecule has 0 unspecified atom stereocenters. The number of benzene rings is 2. The number of aromatic nitrogens is 2. The predicted octanol–water partition coefficient (Wildman–Crippen LogP) is 3.66. The fraction of sp³-hybridized carbons (Fsp3) is 0.150. The largest absolute Gasteiger partial charge is 0.497 e. The SMILES string of the molecule is COc1cccc(NC(=O)c2cnc(NCc3ccccc3C)cn2)c1. The third-order valence-electron chi connectivity index (χ3n) is 3.93. The van der Waals surface area contributed by atoms with Crippen molar-refractivity contribution in [2.45, 2.75) is 13.5 Å². The topological polar surface area (TPSA) is 76.1 Å². The third-order valence-corrected chi connectivity index (χ3v) is 3.93. The Morgan fingerprint density at radius 3 is 2.65 bits per heavy atom. The van der Waals surface area contributed by atoms with Gasteiger partial charge in [-0.1, -0.05) is 30.3 Å². The molecule has 0 atom stereocenters. The van der Waals surface area contributed by atoms with E-state index >= 15 is 0 Å². The summed E-state index contributed by atoms with van der Waals surface area (Å²) in [7, 11) is 1.58. The van der Waals surface area contributed by atoms with E-state index in [-0.39, 0.29) is 11.6 Å². The van der Waals surface area contributed by atoms with Gasteiger partial charge in [-0.3, -0.25) is 4.79 Å². The quantitative estimate of drug-likeness (QED) is 0.711. The molecule has 0 aliphatic heterocycles. The van der Waals surface area contributed by atoms with Gasteiger partial charge in [0, 0.05) is 18.3 Å². The van der Waals surface area contributed by atoms with Gasteiger partial charge in [-0.25, -0.2) is 9.97 Å². The minimum Gasteiger partial charge on any atom is -0.497 e. The van der Waals surface area contributed by atoms with Crippen LogP contribution in [0.5, 0.6) is 5.75 Å². The van der Waals surface area contributed by atoms with E-state index in [0.717, 1.165) is 0 Å². The lowest BCUT2D eigenvalue weighted by Crippen LogP contribution is -2.14. The fourth-order valence-corrected chi connectivity index (χ4v) is 2.43. The Balaban J connectivity index is 1.61. The average molecular weight is 348 g/mol. The van der Waals surface area contributed by atoms with Gasteiger partial charge < -0.3 is 15.4 Å². The molecular formula is C20H20N4O2. The van der Waals surface area contributed by atoms with Crippen LogP contribution in [0.15, 0.2) is 60.9 Å². The number of carbonyl (C=O) groups excluding carboxylic acids is 1. The number of hydrogen-bond donors (Lipinski definition) is 2. The van der Waals surface area contributed by atoms with E-state index in [1.54, 1.807) is 31.5 Å². The van der Waals surface area contributed by atoms with Gasteiger partial charge in [-0.2, -0.15) is 0 Å². The molecule has 0 aliphatic carbocycles. The van der Waals surface area contributed by atoms with Crippen molar-refractivity contribution in [3.63, 3.8) is 0 Å². The maximum atomic E-state index is 12.3. The second-order valence-corrected chi connectivity index (χ2v) is 5.75.